The zero-order valence-corrected chi connectivity index (χ0v) is 15.1. The maximum atomic E-state index is 14.1. The summed E-state index contributed by atoms with van der Waals surface area (Å²) in [5.41, 5.74) is -4.73. The number of nitrogens with zero attached hydrogens (tertiary/aromatic N) is 2. The lowest BCUT2D eigenvalue weighted by Gasteiger charge is -2.16. The van der Waals surface area contributed by atoms with Crippen LogP contribution in [0.5, 0.6) is 0 Å². The second kappa shape index (κ2) is 7.47. The van der Waals surface area contributed by atoms with E-state index in [0.29, 0.717) is 0 Å². The van der Waals surface area contributed by atoms with Crippen molar-refractivity contribution >= 4 is 11.6 Å². The average molecular weight is 431 g/mol. The molecule has 3 aromatic rings. The number of halogens is 7. The average Bonchev–Trinajstić information content (AvgIpc) is 2.97. The molecule has 0 fully saturated rings. The number of alkyl halides is 6. The van der Waals surface area contributed by atoms with Crippen LogP contribution in [-0.2, 0) is 19.4 Å². The van der Waals surface area contributed by atoms with Crippen LogP contribution in [0.25, 0.3) is 11.1 Å². The first-order chi connectivity index (χ1) is 13.9. The molecule has 0 saturated carbocycles. The van der Waals surface area contributed by atoms with Gasteiger partial charge in [-0.15, -0.1) is 0 Å². The van der Waals surface area contributed by atoms with Gasteiger partial charge in [-0.2, -0.15) is 35.8 Å². The fraction of sp³-hybridized carbons (Fsp3) is 0.158. The van der Waals surface area contributed by atoms with Crippen molar-refractivity contribution in [3.05, 3.63) is 71.3 Å². The molecule has 0 aliphatic heterocycles. The Kier molecular flexibility index (Phi) is 5.31. The van der Waals surface area contributed by atoms with Crippen LogP contribution < -0.4 is 5.32 Å². The van der Waals surface area contributed by atoms with Crippen LogP contribution in [0.4, 0.5) is 36.4 Å². The van der Waals surface area contributed by atoms with Crippen molar-refractivity contribution < 1.29 is 35.5 Å². The minimum Gasteiger partial charge on any atom is -0.321 e. The molecule has 3 rings (SSSR count). The van der Waals surface area contributed by atoms with Crippen LogP contribution in [0.2, 0.25) is 0 Å². The summed E-state index contributed by atoms with van der Waals surface area (Å²) in [5.74, 6) is -3.03. The predicted octanol–water partition coefficient (Wildman–Crippen LogP) is 5.52. The van der Waals surface area contributed by atoms with Gasteiger partial charge >= 0.3 is 12.4 Å². The summed E-state index contributed by atoms with van der Waals surface area (Å²) in [6.07, 6.45) is -9.83. The lowest BCUT2D eigenvalue weighted by molar-refractivity contribution is -0.141. The fourth-order valence-electron chi connectivity index (χ4n) is 2.88. The molecule has 0 unspecified atom stereocenters. The topological polar surface area (TPSA) is 46.9 Å². The zero-order chi connectivity index (χ0) is 22.3. The summed E-state index contributed by atoms with van der Waals surface area (Å²) in [4.78, 5) is 12.5. The highest BCUT2D eigenvalue weighted by Crippen LogP contribution is 2.40. The number of aryl methyl sites for hydroxylation is 1. The van der Waals surface area contributed by atoms with Crippen molar-refractivity contribution in [1.82, 2.24) is 9.78 Å². The van der Waals surface area contributed by atoms with Gasteiger partial charge in [0.05, 0.1) is 5.56 Å². The molecule has 0 spiro atoms. The van der Waals surface area contributed by atoms with Crippen LogP contribution in [0, 0.1) is 5.95 Å². The van der Waals surface area contributed by atoms with Crippen LogP contribution in [-0.4, -0.2) is 15.7 Å². The molecule has 1 heterocycles. The van der Waals surface area contributed by atoms with E-state index in [1.54, 1.807) is 0 Å². The molecule has 158 valence electrons. The predicted molar refractivity (Wildman–Crippen MR) is 93.0 cm³/mol. The van der Waals surface area contributed by atoms with Gasteiger partial charge in [-0.1, -0.05) is 36.4 Å². The molecule has 0 radical (unpaired) electrons. The fourth-order valence-corrected chi connectivity index (χ4v) is 2.88. The summed E-state index contributed by atoms with van der Waals surface area (Å²) < 4.78 is 93.8. The number of anilines is 1. The number of carbonyl (C=O) groups excluding carboxylic acids is 1. The van der Waals surface area contributed by atoms with Gasteiger partial charge < -0.3 is 5.32 Å². The number of para-hydroxylation sites is 1. The van der Waals surface area contributed by atoms with Crippen molar-refractivity contribution in [1.29, 1.82) is 0 Å². The number of carbonyl (C=O) groups is 1. The minimum absolute atomic E-state index is 0.100. The van der Waals surface area contributed by atoms with E-state index in [2.05, 4.69) is 10.4 Å². The third-order valence-electron chi connectivity index (χ3n) is 4.17. The third kappa shape index (κ3) is 4.00. The van der Waals surface area contributed by atoms with Gasteiger partial charge in [0.25, 0.3) is 5.91 Å². The number of nitrogens with one attached hydrogen (secondary N) is 1. The Morgan fingerprint density at radius 3 is 2.07 bits per heavy atom. The van der Waals surface area contributed by atoms with Gasteiger partial charge in [-0.3, -0.25) is 4.79 Å². The van der Waals surface area contributed by atoms with Gasteiger partial charge in [0, 0.05) is 18.3 Å². The highest BCUT2D eigenvalue weighted by atomic mass is 19.4. The number of aromatic nitrogens is 2. The largest absolute Gasteiger partial charge is 0.436 e. The third-order valence-corrected chi connectivity index (χ3v) is 4.17. The van der Waals surface area contributed by atoms with Crippen LogP contribution in [0.3, 0.4) is 0 Å². The lowest BCUT2D eigenvalue weighted by Crippen LogP contribution is -2.19. The highest BCUT2D eigenvalue weighted by molar-refractivity contribution is 6.07. The molecule has 0 saturated heterocycles. The number of hydrogen-bond acceptors (Lipinski definition) is 2. The van der Waals surface area contributed by atoms with Gasteiger partial charge in [-0.25, -0.2) is 4.68 Å². The molecule has 1 amide bonds. The SMILES string of the molecule is Cn1nc(C(F)(F)F)c(C(=O)Nc2ccccc2-c2ccccc2C(F)(F)F)c1F. The summed E-state index contributed by atoms with van der Waals surface area (Å²) >= 11 is 0. The van der Waals surface area contributed by atoms with Crippen molar-refractivity contribution in [2.24, 2.45) is 7.05 Å². The minimum atomic E-state index is -5.11. The molecular formula is C19H12F7N3O. The van der Waals surface area contributed by atoms with Crippen molar-refractivity contribution in [2.45, 2.75) is 12.4 Å². The number of amides is 1. The molecule has 0 aliphatic carbocycles. The van der Waals surface area contributed by atoms with Gasteiger partial charge in [0.1, 0.15) is 5.56 Å². The van der Waals surface area contributed by atoms with E-state index >= 15 is 0 Å². The van der Waals surface area contributed by atoms with Crippen LogP contribution >= 0.6 is 0 Å². The van der Waals surface area contributed by atoms with E-state index in [0.717, 1.165) is 19.2 Å². The number of hydrogen-bond donors (Lipinski definition) is 1. The molecular weight excluding hydrogens is 419 g/mol. The quantitative estimate of drug-likeness (QED) is 0.556. The maximum Gasteiger partial charge on any atom is 0.436 e. The normalized spacial score (nSPS) is 12.1. The summed E-state index contributed by atoms with van der Waals surface area (Å²) in [7, 11) is 0.884. The standard InChI is InChI=1S/C19H12F7N3O/c1-29-16(20)14(15(28-29)19(24,25)26)17(30)27-13-9-5-3-7-11(13)10-6-2-4-8-12(10)18(21,22)23/h2-9H,1H3,(H,27,30). The molecule has 4 nitrogen and oxygen atoms in total. The lowest BCUT2D eigenvalue weighted by atomic mass is 9.97. The molecule has 1 aromatic heterocycles. The zero-order valence-electron chi connectivity index (χ0n) is 15.1. The van der Waals surface area contributed by atoms with Crippen LogP contribution in [0.1, 0.15) is 21.6 Å². The first kappa shape index (κ1) is 21.3. The molecule has 0 atom stereocenters. The molecule has 0 aliphatic rings. The second-order valence-electron chi connectivity index (χ2n) is 6.18. The molecule has 0 bridgehead atoms. The Bertz CT molecular complexity index is 1100. The summed E-state index contributed by atoms with van der Waals surface area (Å²) in [6, 6.07) is 9.70. The van der Waals surface area contributed by atoms with Gasteiger partial charge in [-0.05, 0) is 17.7 Å². The van der Waals surface area contributed by atoms with E-state index in [1.165, 1.54) is 36.4 Å². The Morgan fingerprint density at radius 2 is 1.47 bits per heavy atom. The Labute approximate surface area is 164 Å². The molecule has 30 heavy (non-hydrogen) atoms. The second-order valence-corrected chi connectivity index (χ2v) is 6.18. The molecule has 2 aromatic carbocycles. The van der Waals surface area contributed by atoms with E-state index in [9.17, 15) is 35.5 Å². The Hall–Kier alpha value is -3.37. The molecule has 11 heteroatoms. The van der Waals surface area contributed by atoms with E-state index in [1.807, 2.05) is 0 Å². The smallest absolute Gasteiger partial charge is 0.321 e. The Balaban J connectivity index is 2.08. The van der Waals surface area contributed by atoms with E-state index in [4.69, 9.17) is 0 Å². The van der Waals surface area contributed by atoms with E-state index < -0.39 is 41.0 Å². The molecule has 1 N–H and O–H groups in total. The number of rotatable bonds is 3. The van der Waals surface area contributed by atoms with E-state index in [-0.39, 0.29) is 21.5 Å². The van der Waals surface area contributed by atoms with Crippen molar-refractivity contribution in [3.63, 3.8) is 0 Å². The highest BCUT2D eigenvalue weighted by Gasteiger charge is 2.42. The van der Waals surface area contributed by atoms with Crippen LogP contribution in [0.15, 0.2) is 48.5 Å². The van der Waals surface area contributed by atoms with Gasteiger partial charge in [0.15, 0.2) is 5.69 Å². The maximum absolute atomic E-state index is 14.1. The monoisotopic (exact) mass is 431 g/mol. The number of benzene rings is 2. The van der Waals surface area contributed by atoms with Gasteiger partial charge in [0.2, 0.25) is 5.95 Å². The summed E-state index contributed by atoms with van der Waals surface area (Å²) in [5, 5.41) is 5.05. The Morgan fingerprint density at radius 1 is 0.900 bits per heavy atom. The first-order valence-electron chi connectivity index (χ1n) is 8.28. The summed E-state index contributed by atoms with van der Waals surface area (Å²) in [6.45, 7) is 0. The first-order valence-corrected chi connectivity index (χ1v) is 8.28. The van der Waals surface area contributed by atoms with Crippen molar-refractivity contribution in [3.8, 4) is 11.1 Å². The van der Waals surface area contributed by atoms with Crippen molar-refractivity contribution in [2.75, 3.05) is 5.32 Å².